The molecule has 0 radical (unpaired) electrons. The minimum atomic E-state index is -1.07. The van der Waals surface area contributed by atoms with Crippen molar-refractivity contribution < 1.29 is 19.4 Å². The molecule has 1 N–H and O–H groups in total. The molecule has 4 saturated carbocycles. The van der Waals surface area contributed by atoms with E-state index >= 15 is 0 Å². The molecule has 1 aromatic carbocycles. The number of carboxylic acid groups (broad SMARTS) is 1. The van der Waals surface area contributed by atoms with Crippen LogP contribution in [0, 0.1) is 34.0 Å². The second kappa shape index (κ2) is 7.85. The number of carbonyl (C=O) groups is 2. The fraction of sp³-hybridized carbons (Fsp3) is 0.586. The number of hydrogen-bond donors (Lipinski definition) is 1. The van der Waals surface area contributed by atoms with Crippen LogP contribution < -0.4 is 0 Å². The monoisotopic (exact) mass is 448 g/mol. The summed E-state index contributed by atoms with van der Waals surface area (Å²) in [4.78, 5) is 25.5. The van der Waals surface area contributed by atoms with Crippen molar-refractivity contribution in [1.82, 2.24) is 0 Å². The standard InChI is InChI=1S/C29H36O4/c1-19-17-29-16-13-22-27(2,23(29)11-10-21(19)18-29)15-14-24(28(22,3)26(31)32)33-25(30)12-9-20-7-5-4-6-8-20/h4-9,12,21-24H,1,10-11,13-18H2,2-3H3,(H,31,32)/b12-9+/t21?,22-,23-,24+,27+,28-,29+/m0/s1. The van der Waals surface area contributed by atoms with Gasteiger partial charge >= 0.3 is 11.9 Å². The molecule has 176 valence electrons. The molecule has 0 saturated heterocycles. The van der Waals surface area contributed by atoms with Crippen molar-refractivity contribution in [3.05, 3.63) is 54.1 Å². The first-order chi connectivity index (χ1) is 15.7. The van der Waals surface area contributed by atoms with E-state index in [4.69, 9.17) is 4.74 Å². The summed E-state index contributed by atoms with van der Waals surface area (Å²) in [5, 5.41) is 10.5. The Labute approximate surface area is 197 Å². The van der Waals surface area contributed by atoms with Crippen molar-refractivity contribution in [2.45, 2.75) is 71.3 Å². The Hall–Kier alpha value is -2.36. The molecular weight excluding hydrogens is 412 g/mol. The lowest BCUT2D eigenvalue weighted by Crippen LogP contribution is -2.63. The highest BCUT2D eigenvalue weighted by atomic mass is 16.5. The average molecular weight is 449 g/mol. The predicted octanol–water partition coefficient (Wildman–Crippen LogP) is 6.28. The second-order valence-electron chi connectivity index (χ2n) is 11.6. The molecule has 1 unspecified atom stereocenters. The van der Waals surface area contributed by atoms with Crippen molar-refractivity contribution in [3.8, 4) is 0 Å². The molecule has 4 nitrogen and oxygen atoms in total. The maximum Gasteiger partial charge on any atom is 0.331 e. The minimum Gasteiger partial charge on any atom is -0.481 e. The molecule has 1 spiro atoms. The van der Waals surface area contributed by atoms with Crippen LogP contribution in [-0.4, -0.2) is 23.1 Å². The van der Waals surface area contributed by atoms with Gasteiger partial charge in [-0.3, -0.25) is 4.79 Å². The zero-order valence-electron chi connectivity index (χ0n) is 19.9. The number of rotatable bonds is 4. The number of aliphatic carboxylic acids is 1. The summed E-state index contributed by atoms with van der Waals surface area (Å²) in [5.41, 5.74) is 1.54. The molecule has 4 aliphatic carbocycles. The Bertz CT molecular complexity index is 996. The van der Waals surface area contributed by atoms with Crippen LogP contribution in [0.1, 0.15) is 70.8 Å². The molecule has 7 atom stereocenters. The van der Waals surface area contributed by atoms with Gasteiger partial charge in [0.1, 0.15) is 11.5 Å². The van der Waals surface area contributed by atoms with Crippen LogP contribution >= 0.6 is 0 Å². The third-order valence-electron chi connectivity index (χ3n) is 10.1. The molecule has 1 aromatic rings. The average Bonchev–Trinajstić information content (AvgIpc) is 3.02. The number of carbonyl (C=O) groups excluding carboxylic acids is 1. The Morgan fingerprint density at radius 3 is 2.55 bits per heavy atom. The Morgan fingerprint density at radius 2 is 1.82 bits per heavy atom. The highest BCUT2D eigenvalue weighted by Crippen LogP contribution is 2.72. The van der Waals surface area contributed by atoms with Gasteiger partial charge in [-0.25, -0.2) is 4.79 Å². The third-order valence-corrected chi connectivity index (χ3v) is 10.1. The third kappa shape index (κ3) is 3.40. The van der Waals surface area contributed by atoms with Crippen molar-refractivity contribution in [1.29, 1.82) is 0 Å². The van der Waals surface area contributed by atoms with E-state index in [0.717, 1.165) is 31.2 Å². The number of fused-ring (bicyclic) bond motifs is 3. The van der Waals surface area contributed by atoms with Crippen molar-refractivity contribution in [2.24, 2.45) is 34.0 Å². The quantitative estimate of drug-likeness (QED) is 0.335. The molecular formula is C29H36O4. The highest BCUT2D eigenvalue weighted by molar-refractivity contribution is 5.87. The van der Waals surface area contributed by atoms with Gasteiger partial charge in [0.25, 0.3) is 0 Å². The van der Waals surface area contributed by atoms with Gasteiger partial charge in [0.15, 0.2) is 0 Å². The first-order valence-electron chi connectivity index (χ1n) is 12.5. The van der Waals surface area contributed by atoms with E-state index in [1.165, 1.54) is 30.9 Å². The molecule has 4 fully saturated rings. The normalized spacial score (nSPS) is 41.9. The van der Waals surface area contributed by atoms with Crippen LogP contribution in [0.5, 0.6) is 0 Å². The van der Waals surface area contributed by atoms with Gasteiger partial charge < -0.3 is 9.84 Å². The zero-order valence-corrected chi connectivity index (χ0v) is 19.9. The van der Waals surface area contributed by atoms with Gasteiger partial charge in [0.05, 0.1) is 0 Å². The van der Waals surface area contributed by atoms with E-state index in [1.807, 2.05) is 37.3 Å². The first-order valence-corrected chi connectivity index (χ1v) is 12.5. The molecule has 5 rings (SSSR count). The molecule has 4 aliphatic rings. The van der Waals surface area contributed by atoms with Crippen LogP contribution in [0.25, 0.3) is 6.08 Å². The maximum atomic E-state index is 12.8. The maximum absolute atomic E-state index is 12.8. The summed E-state index contributed by atoms with van der Waals surface area (Å²) in [6.45, 7) is 8.58. The van der Waals surface area contributed by atoms with E-state index in [-0.39, 0.29) is 11.3 Å². The highest BCUT2D eigenvalue weighted by Gasteiger charge is 2.67. The lowest BCUT2D eigenvalue weighted by Gasteiger charge is -2.64. The van der Waals surface area contributed by atoms with Crippen molar-refractivity contribution >= 4 is 18.0 Å². The zero-order chi connectivity index (χ0) is 23.4. The van der Waals surface area contributed by atoms with E-state index < -0.39 is 23.5 Å². The summed E-state index contributed by atoms with van der Waals surface area (Å²) in [6, 6.07) is 9.59. The second-order valence-corrected chi connectivity index (χ2v) is 11.6. The number of benzene rings is 1. The summed E-state index contributed by atoms with van der Waals surface area (Å²) in [6.07, 6.45) is 10.8. The Kier molecular flexibility index (Phi) is 5.34. The molecule has 2 bridgehead atoms. The smallest absolute Gasteiger partial charge is 0.331 e. The lowest BCUT2D eigenvalue weighted by atomic mass is 9.40. The molecule has 4 heteroatoms. The summed E-state index contributed by atoms with van der Waals surface area (Å²) < 4.78 is 5.88. The molecule has 0 aromatic heterocycles. The van der Waals surface area contributed by atoms with Crippen LogP contribution in [0.15, 0.2) is 48.6 Å². The largest absolute Gasteiger partial charge is 0.481 e. The van der Waals surface area contributed by atoms with Gasteiger partial charge in [-0.2, -0.15) is 0 Å². The predicted molar refractivity (Wildman–Crippen MR) is 128 cm³/mol. The van der Waals surface area contributed by atoms with Gasteiger partial charge in [0, 0.05) is 6.08 Å². The minimum absolute atomic E-state index is 0.00759. The van der Waals surface area contributed by atoms with Crippen LogP contribution in [0.2, 0.25) is 0 Å². The number of ether oxygens (including phenoxy) is 1. The fourth-order valence-corrected chi connectivity index (χ4v) is 8.62. The first kappa shape index (κ1) is 22.4. The number of esters is 1. The molecule has 0 amide bonds. The number of allylic oxidation sites excluding steroid dienone is 1. The van der Waals surface area contributed by atoms with E-state index in [9.17, 15) is 14.7 Å². The van der Waals surface area contributed by atoms with E-state index in [1.54, 1.807) is 6.08 Å². The van der Waals surface area contributed by atoms with Gasteiger partial charge in [-0.05, 0) is 98.5 Å². The van der Waals surface area contributed by atoms with Gasteiger partial charge in [-0.15, -0.1) is 0 Å². The number of carboxylic acids is 1. The lowest BCUT2D eigenvalue weighted by molar-refractivity contribution is -0.211. The van der Waals surface area contributed by atoms with Crippen LogP contribution in [0.4, 0.5) is 0 Å². The van der Waals surface area contributed by atoms with E-state index in [0.29, 0.717) is 23.7 Å². The van der Waals surface area contributed by atoms with Gasteiger partial charge in [-0.1, -0.05) is 49.4 Å². The number of hydrogen-bond acceptors (Lipinski definition) is 3. The molecule has 33 heavy (non-hydrogen) atoms. The summed E-state index contributed by atoms with van der Waals surface area (Å²) in [7, 11) is 0. The Balaban J connectivity index is 1.39. The Morgan fingerprint density at radius 1 is 1.06 bits per heavy atom. The van der Waals surface area contributed by atoms with Crippen LogP contribution in [0.3, 0.4) is 0 Å². The summed E-state index contributed by atoms with van der Waals surface area (Å²) in [5.74, 6) is -0.0785. The van der Waals surface area contributed by atoms with Gasteiger partial charge in [0.2, 0.25) is 0 Å². The summed E-state index contributed by atoms with van der Waals surface area (Å²) >= 11 is 0. The molecule has 0 heterocycles. The topological polar surface area (TPSA) is 63.6 Å². The van der Waals surface area contributed by atoms with Crippen molar-refractivity contribution in [2.75, 3.05) is 0 Å². The van der Waals surface area contributed by atoms with Crippen molar-refractivity contribution in [3.63, 3.8) is 0 Å². The molecule has 0 aliphatic heterocycles. The SMILES string of the molecule is C=C1C[C@@]23CC[C@H]4[C@@](C)(CC[C@@H](OC(=O)/C=C/c5ccccc5)[C@@]4(C)C(=O)O)[C@@H]2CCC1C3. The fourth-order valence-electron chi connectivity index (χ4n) is 8.62. The van der Waals surface area contributed by atoms with E-state index in [2.05, 4.69) is 13.5 Å². The van der Waals surface area contributed by atoms with Crippen LogP contribution in [-0.2, 0) is 14.3 Å².